The van der Waals surface area contributed by atoms with Crippen LogP contribution in [0.2, 0.25) is 0 Å². The molecule has 0 saturated carbocycles. The lowest BCUT2D eigenvalue weighted by Crippen LogP contribution is -1.92. The number of methoxy groups -OCH3 is 1. The van der Waals surface area contributed by atoms with Gasteiger partial charge >= 0.3 is 0 Å². The van der Waals surface area contributed by atoms with Gasteiger partial charge in [-0.25, -0.2) is 0 Å². The fourth-order valence-electron chi connectivity index (χ4n) is 1.67. The van der Waals surface area contributed by atoms with Gasteiger partial charge in [0.1, 0.15) is 5.75 Å². The van der Waals surface area contributed by atoms with Crippen LogP contribution in [0.1, 0.15) is 5.56 Å². The third-order valence-electron chi connectivity index (χ3n) is 2.38. The molecule has 0 atom stereocenters. The van der Waals surface area contributed by atoms with Gasteiger partial charge in [-0.15, -0.1) is 0 Å². The summed E-state index contributed by atoms with van der Waals surface area (Å²) in [6, 6.07) is 11.8. The zero-order valence-corrected chi connectivity index (χ0v) is 8.03. The van der Waals surface area contributed by atoms with E-state index in [2.05, 4.69) is 0 Å². The molecule has 0 bridgehead atoms. The largest absolute Gasteiger partial charge is 0.496 e. The van der Waals surface area contributed by atoms with Crippen molar-refractivity contribution >= 4 is 10.8 Å². The first-order valence-electron chi connectivity index (χ1n) is 4.52. The Morgan fingerprint density at radius 2 is 1.93 bits per heavy atom. The molecule has 2 rings (SSSR count). The van der Waals surface area contributed by atoms with Crippen LogP contribution in [0.4, 0.5) is 0 Å². The van der Waals surface area contributed by atoms with Gasteiger partial charge in [0, 0.05) is 5.56 Å². The number of rotatable bonds is 2. The average molecular weight is 188 g/mol. The van der Waals surface area contributed by atoms with E-state index in [1.807, 2.05) is 36.4 Å². The molecule has 0 unspecified atom stereocenters. The fraction of sp³-hybridized carbons (Fsp3) is 0.167. The van der Waals surface area contributed by atoms with Gasteiger partial charge in [0.15, 0.2) is 0 Å². The van der Waals surface area contributed by atoms with Crippen molar-refractivity contribution in [2.45, 2.75) is 6.61 Å². The van der Waals surface area contributed by atoms with Gasteiger partial charge in [0.2, 0.25) is 0 Å². The summed E-state index contributed by atoms with van der Waals surface area (Å²) in [7, 11) is 1.61. The topological polar surface area (TPSA) is 29.5 Å². The highest BCUT2D eigenvalue weighted by Gasteiger charge is 2.05. The van der Waals surface area contributed by atoms with Gasteiger partial charge in [0.05, 0.1) is 13.7 Å². The monoisotopic (exact) mass is 188 g/mol. The molecule has 0 saturated heterocycles. The summed E-state index contributed by atoms with van der Waals surface area (Å²) < 4.78 is 5.18. The summed E-state index contributed by atoms with van der Waals surface area (Å²) in [5.74, 6) is 0.742. The van der Waals surface area contributed by atoms with Crippen molar-refractivity contribution in [2.24, 2.45) is 0 Å². The number of hydrogen-bond acceptors (Lipinski definition) is 2. The molecule has 0 aliphatic rings. The molecule has 2 aromatic rings. The second kappa shape index (κ2) is 3.68. The molecule has 2 heteroatoms. The van der Waals surface area contributed by atoms with Crippen LogP contribution in [-0.2, 0) is 6.61 Å². The van der Waals surface area contributed by atoms with Crippen LogP contribution in [0.25, 0.3) is 10.8 Å². The maximum Gasteiger partial charge on any atom is 0.125 e. The average Bonchev–Trinajstić information content (AvgIpc) is 2.27. The zero-order valence-electron chi connectivity index (χ0n) is 8.03. The van der Waals surface area contributed by atoms with Crippen LogP contribution in [0.5, 0.6) is 5.75 Å². The normalized spacial score (nSPS) is 10.4. The summed E-state index contributed by atoms with van der Waals surface area (Å²) >= 11 is 0. The summed E-state index contributed by atoms with van der Waals surface area (Å²) in [6.07, 6.45) is 0. The van der Waals surface area contributed by atoms with E-state index in [4.69, 9.17) is 4.74 Å². The lowest BCUT2D eigenvalue weighted by Gasteiger charge is -2.09. The lowest BCUT2D eigenvalue weighted by molar-refractivity contribution is 0.275. The van der Waals surface area contributed by atoms with Crippen molar-refractivity contribution in [3.05, 3.63) is 42.0 Å². The Bertz CT molecular complexity index is 449. The summed E-state index contributed by atoms with van der Waals surface area (Å²) in [5, 5.41) is 11.4. The number of hydrogen-bond donors (Lipinski definition) is 1. The minimum Gasteiger partial charge on any atom is -0.496 e. The quantitative estimate of drug-likeness (QED) is 0.783. The summed E-state index contributed by atoms with van der Waals surface area (Å²) in [6.45, 7) is 0.00449. The van der Waals surface area contributed by atoms with E-state index in [0.29, 0.717) is 0 Å². The van der Waals surface area contributed by atoms with Crippen molar-refractivity contribution < 1.29 is 9.84 Å². The van der Waals surface area contributed by atoms with E-state index >= 15 is 0 Å². The molecule has 0 aliphatic carbocycles. The molecule has 0 heterocycles. The van der Waals surface area contributed by atoms with Gasteiger partial charge in [-0.05, 0) is 16.8 Å². The highest BCUT2D eigenvalue weighted by molar-refractivity contribution is 5.87. The van der Waals surface area contributed by atoms with Crippen molar-refractivity contribution in [3.8, 4) is 5.75 Å². The first kappa shape index (κ1) is 9.03. The molecule has 0 radical (unpaired) electrons. The minimum atomic E-state index is 0.00449. The van der Waals surface area contributed by atoms with Gasteiger partial charge in [-0.2, -0.15) is 0 Å². The van der Waals surface area contributed by atoms with Crippen LogP contribution in [0.15, 0.2) is 36.4 Å². The zero-order chi connectivity index (χ0) is 9.97. The molecular weight excluding hydrogens is 176 g/mol. The van der Waals surface area contributed by atoms with Crippen molar-refractivity contribution in [1.29, 1.82) is 0 Å². The number of ether oxygens (including phenoxy) is 1. The lowest BCUT2D eigenvalue weighted by atomic mass is 10.0. The SMILES string of the molecule is COc1ccc2ccccc2c1CO. The minimum absolute atomic E-state index is 0.00449. The predicted octanol–water partition coefficient (Wildman–Crippen LogP) is 2.34. The van der Waals surface area contributed by atoms with Gasteiger partial charge in [-0.3, -0.25) is 0 Å². The van der Waals surface area contributed by atoms with Crippen molar-refractivity contribution in [2.75, 3.05) is 7.11 Å². The molecule has 2 nitrogen and oxygen atoms in total. The van der Waals surface area contributed by atoms with E-state index in [0.717, 1.165) is 22.1 Å². The van der Waals surface area contributed by atoms with Gasteiger partial charge in [0.25, 0.3) is 0 Å². The molecular formula is C12H12O2. The molecule has 2 aromatic carbocycles. The van der Waals surface area contributed by atoms with Crippen molar-refractivity contribution in [3.63, 3.8) is 0 Å². The van der Waals surface area contributed by atoms with Crippen LogP contribution in [-0.4, -0.2) is 12.2 Å². The predicted molar refractivity (Wildman–Crippen MR) is 56.4 cm³/mol. The first-order valence-corrected chi connectivity index (χ1v) is 4.52. The van der Waals surface area contributed by atoms with Gasteiger partial charge < -0.3 is 9.84 Å². The Balaban J connectivity index is 2.77. The maximum atomic E-state index is 9.27. The van der Waals surface area contributed by atoms with E-state index in [-0.39, 0.29) is 6.61 Å². The maximum absolute atomic E-state index is 9.27. The number of aliphatic hydroxyl groups excluding tert-OH is 1. The number of benzene rings is 2. The molecule has 1 N–H and O–H groups in total. The Kier molecular flexibility index (Phi) is 2.37. The third kappa shape index (κ3) is 1.34. The molecule has 0 amide bonds. The standard InChI is InChI=1S/C12H12O2/c1-14-12-7-6-9-4-2-3-5-10(9)11(12)8-13/h2-7,13H,8H2,1H3. The van der Waals surface area contributed by atoms with Crippen LogP contribution in [0.3, 0.4) is 0 Å². The van der Waals surface area contributed by atoms with E-state index in [1.54, 1.807) is 7.11 Å². The molecule has 0 aromatic heterocycles. The molecule has 72 valence electrons. The third-order valence-corrected chi connectivity index (χ3v) is 2.38. The Morgan fingerprint density at radius 3 is 2.64 bits per heavy atom. The Labute approximate surface area is 82.8 Å². The van der Waals surface area contributed by atoms with E-state index in [1.165, 1.54) is 0 Å². The summed E-state index contributed by atoms with van der Waals surface area (Å²) in [5.41, 5.74) is 0.852. The van der Waals surface area contributed by atoms with Crippen LogP contribution < -0.4 is 4.74 Å². The van der Waals surface area contributed by atoms with Crippen LogP contribution >= 0.6 is 0 Å². The van der Waals surface area contributed by atoms with Crippen molar-refractivity contribution in [1.82, 2.24) is 0 Å². The Hall–Kier alpha value is -1.54. The van der Waals surface area contributed by atoms with E-state index in [9.17, 15) is 5.11 Å². The molecule has 14 heavy (non-hydrogen) atoms. The highest BCUT2D eigenvalue weighted by Crippen LogP contribution is 2.27. The number of fused-ring (bicyclic) bond motifs is 1. The molecule has 0 spiro atoms. The Morgan fingerprint density at radius 1 is 1.14 bits per heavy atom. The number of aliphatic hydroxyl groups is 1. The fourth-order valence-corrected chi connectivity index (χ4v) is 1.67. The smallest absolute Gasteiger partial charge is 0.125 e. The van der Waals surface area contributed by atoms with Gasteiger partial charge in [-0.1, -0.05) is 30.3 Å². The molecule has 0 aliphatic heterocycles. The molecule has 0 fully saturated rings. The van der Waals surface area contributed by atoms with E-state index < -0.39 is 0 Å². The highest BCUT2D eigenvalue weighted by atomic mass is 16.5. The second-order valence-electron chi connectivity index (χ2n) is 3.13. The second-order valence-corrected chi connectivity index (χ2v) is 3.13. The first-order chi connectivity index (χ1) is 6.86. The van der Waals surface area contributed by atoms with Crippen LogP contribution in [0, 0.1) is 0 Å². The summed E-state index contributed by atoms with van der Waals surface area (Å²) in [4.78, 5) is 0.